The minimum absolute atomic E-state index is 0.0545. The highest BCUT2D eigenvalue weighted by Gasteiger charge is 2.30. The molecule has 0 heterocycles. The van der Waals surface area contributed by atoms with Crippen LogP contribution in [0.1, 0.15) is 43.7 Å². The molecule has 1 atom stereocenters. The monoisotopic (exact) mass is 550 g/mol. The Labute approximate surface area is 223 Å². The van der Waals surface area contributed by atoms with Crippen LogP contribution in [-0.2, 0) is 22.6 Å². The lowest BCUT2D eigenvalue weighted by Crippen LogP contribution is -2.50. The molecule has 0 spiro atoms. The SMILES string of the molecule is CCCCNC(=O)[C@@H](Cc1ccccc1)N(Cc1ccc(Br)cc1)C(=O)CCCOc1ccccc1. The number of para-hydroxylation sites is 1. The Kier molecular flexibility index (Phi) is 11.5. The van der Waals surface area contributed by atoms with Gasteiger partial charge in [0.15, 0.2) is 0 Å². The molecule has 5 nitrogen and oxygen atoms in total. The van der Waals surface area contributed by atoms with E-state index in [1.807, 2.05) is 84.9 Å². The van der Waals surface area contributed by atoms with Gasteiger partial charge in [0, 0.05) is 30.4 Å². The number of unbranched alkanes of at least 4 members (excludes halogenated alkanes) is 1. The smallest absolute Gasteiger partial charge is 0.243 e. The lowest BCUT2D eigenvalue weighted by Gasteiger charge is -2.31. The standard InChI is InChI=1S/C30H35BrN2O3/c1-2-3-20-32-30(35)28(22-24-11-6-4-7-12-24)33(23-25-16-18-26(31)19-17-25)29(34)15-10-21-36-27-13-8-5-9-14-27/h4-9,11-14,16-19,28H,2-3,10,15,20-23H2,1H3,(H,32,35)/t28-/m1/s1. The second-order valence-corrected chi connectivity index (χ2v) is 9.68. The Bertz CT molecular complexity index is 1060. The normalized spacial score (nSPS) is 11.5. The van der Waals surface area contributed by atoms with Crippen LogP contribution in [0.4, 0.5) is 0 Å². The number of hydrogen-bond acceptors (Lipinski definition) is 3. The van der Waals surface area contributed by atoms with Crippen LogP contribution in [0.5, 0.6) is 5.75 Å². The summed E-state index contributed by atoms with van der Waals surface area (Å²) in [6, 6.07) is 26.8. The van der Waals surface area contributed by atoms with Crippen molar-refractivity contribution in [3.63, 3.8) is 0 Å². The molecule has 0 radical (unpaired) electrons. The maximum Gasteiger partial charge on any atom is 0.243 e. The van der Waals surface area contributed by atoms with Crippen molar-refractivity contribution >= 4 is 27.7 Å². The second-order valence-electron chi connectivity index (χ2n) is 8.76. The average Bonchev–Trinajstić information content (AvgIpc) is 2.91. The molecule has 0 aliphatic heterocycles. The van der Waals surface area contributed by atoms with Crippen molar-refractivity contribution in [2.75, 3.05) is 13.2 Å². The maximum absolute atomic E-state index is 13.6. The van der Waals surface area contributed by atoms with Crippen LogP contribution in [0.3, 0.4) is 0 Å². The molecule has 0 unspecified atom stereocenters. The van der Waals surface area contributed by atoms with Gasteiger partial charge in [-0.05, 0) is 48.2 Å². The van der Waals surface area contributed by atoms with Gasteiger partial charge in [0.1, 0.15) is 11.8 Å². The lowest BCUT2D eigenvalue weighted by molar-refractivity contribution is -0.141. The summed E-state index contributed by atoms with van der Waals surface area (Å²) in [6.07, 6.45) is 3.23. The lowest BCUT2D eigenvalue weighted by atomic mass is 10.0. The number of ether oxygens (including phenoxy) is 1. The van der Waals surface area contributed by atoms with Crippen LogP contribution in [-0.4, -0.2) is 35.9 Å². The number of hydrogen-bond donors (Lipinski definition) is 1. The summed E-state index contributed by atoms with van der Waals surface area (Å²) in [7, 11) is 0. The molecule has 0 aliphatic rings. The van der Waals surface area contributed by atoms with Gasteiger partial charge in [-0.25, -0.2) is 0 Å². The molecule has 0 saturated heterocycles. The van der Waals surface area contributed by atoms with Crippen molar-refractivity contribution in [3.8, 4) is 5.75 Å². The van der Waals surface area contributed by atoms with E-state index in [9.17, 15) is 9.59 Å². The first kappa shape index (κ1) is 27.5. The first-order chi connectivity index (χ1) is 17.6. The molecule has 0 fully saturated rings. The molecule has 3 rings (SSSR count). The van der Waals surface area contributed by atoms with Gasteiger partial charge in [0.2, 0.25) is 11.8 Å². The molecule has 3 aromatic carbocycles. The fourth-order valence-corrected chi connectivity index (χ4v) is 4.18. The molecule has 0 aliphatic carbocycles. The predicted molar refractivity (Wildman–Crippen MR) is 148 cm³/mol. The van der Waals surface area contributed by atoms with Crippen LogP contribution in [0.2, 0.25) is 0 Å². The van der Waals surface area contributed by atoms with E-state index in [1.54, 1.807) is 4.90 Å². The van der Waals surface area contributed by atoms with E-state index in [0.29, 0.717) is 39.0 Å². The first-order valence-corrected chi connectivity index (χ1v) is 13.4. The van der Waals surface area contributed by atoms with Crippen molar-refractivity contribution in [1.82, 2.24) is 10.2 Å². The van der Waals surface area contributed by atoms with Crippen molar-refractivity contribution in [1.29, 1.82) is 0 Å². The highest BCUT2D eigenvalue weighted by molar-refractivity contribution is 9.10. The average molecular weight is 552 g/mol. The Morgan fingerprint density at radius 3 is 2.22 bits per heavy atom. The van der Waals surface area contributed by atoms with Crippen LogP contribution in [0, 0.1) is 0 Å². The van der Waals surface area contributed by atoms with Crippen molar-refractivity contribution in [2.24, 2.45) is 0 Å². The number of benzene rings is 3. The first-order valence-electron chi connectivity index (χ1n) is 12.6. The van der Waals surface area contributed by atoms with Gasteiger partial charge < -0.3 is 15.0 Å². The third-order valence-corrected chi connectivity index (χ3v) is 6.44. The maximum atomic E-state index is 13.6. The summed E-state index contributed by atoms with van der Waals surface area (Å²) >= 11 is 3.48. The Balaban J connectivity index is 1.77. The van der Waals surface area contributed by atoms with Gasteiger partial charge in [-0.3, -0.25) is 9.59 Å². The molecule has 1 N–H and O–H groups in total. The predicted octanol–water partition coefficient (Wildman–Crippen LogP) is 6.16. The van der Waals surface area contributed by atoms with Crippen LogP contribution in [0.15, 0.2) is 89.4 Å². The molecule has 3 aromatic rings. The summed E-state index contributed by atoms with van der Waals surface area (Å²) in [6.45, 7) is 3.50. The molecular weight excluding hydrogens is 516 g/mol. The van der Waals surface area contributed by atoms with Gasteiger partial charge in [-0.1, -0.05) is 89.9 Å². The van der Waals surface area contributed by atoms with Crippen molar-refractivity contribution in [2.45, 2.75) is 51.6 Å². The molecular formula is C30H35BrN2O3. The number of nitrogens with one attached hydrogen (secondary N) is 1. The highest BCUT2D eigenvalue weighted by atomic mass is 79.9. The van der Waals surface area contributed by atoms with Gasteiger partial charge >= 0.3 is 0 Å². The summed E-state index contributed by atoms with van der Waals surface area (Å²) in [5, 5.41) is 3.06. The van der Waals surface area contributed by atoms with E-state index in [4.69, 9.17) is 4.74 Å². The number of carbonyl (C=O) groups is 2. The van der Waals surface area contributed by atoms with Crippen molar-refractivity contribution in [3.05, 3.63) is 101 Å². The summed E-state index contributed by atoms with van der Waals surface area (Å²) < 4.78 is 6.75. The third-order valence-electron chi connectivity index (χ3n) is 5.91. The Morgan fingerprint density at radius 2 is 1.56 bits per heavy atom. The topological polar surface area (TPSA) is 58.6 Å². The zero-order valence-electron chi connectivity index (χ0n) is 20.9. The van der Waals surface area contributed by atoms with E-state index in [2.05, 4.69) is 28.2 Å². The van der Waals surface area contributed by atoms with Crippen molar-refractivity contribution < 1.29 is 14.3 Å². The Morgan fingerprint density at radius 1 is 0.889 bits per heavy atom. The Hall–Kier alpha value is -3.12. The third kappa shape index (κ3) is 9.15. The van der Waals surface area contributed by atoms with E-state index in [-0.39, 0.29) is 11.8 Å². The fourth-order valence-electron chi connectivity index (χ4n) is 3.92. The number of halogens is 1. The number of nitrogens with zero attached hydrogens (tertiary/aromatic N) is 1. The minimum Gasteiger partial charge on any atom is -0.494 e. The molecule has 36 heavy (non-hydrogen) atoms. The highest BCUT2D eigenvalue weighted by Crippen LogP contribution is 2.18. The number of carbonyl (C=O) groups excluding carboxylic acids is 2. The molecule has 0 saturated carbocycles. The molecule has 6 heteroatoms. The van der Waals surface area contributed by atoms with E-state index < -0.39 is 6.04 Å². The largest absolute Gasteiger partial charge is 0.494 e. The van der Waals surface area contributed by atoms with E-state index >= 15 is 0 Å². The fraction of sp³-hybridized carbons (Fsp3) is 0.333. The van der Waals surface area contributed by atoms with E-state index in [1.165, 1.54) is 0 Å². The zero-order chi connectivity index (χ0) is 25.6. The van der Waals surface area contributed by atoms with Crippen LogP contribution < -0.4 is 10.1 Å². The summed E-state index contributed by atoms with van der Waals surface area (Å²) in [5.41, 5.74) is 2.00. The number of rotatable bonds is 14. The van der Waals surface area contributed by atoms with Gasteiger partial charge in [-0.15, -0.1) is 0 Å². The van der Waals surface area contributed by atoms with Gasteiger partial charge in [0.25, 0.3) is 0 Å². The summed E-state index contributed by atoms with van der Waals surface area (Å²) in [4.78, 5) is 28.7. The molecule has 190 valence electrons. The molecule has 2 amide bonds. The van der Waals surface area contributed by atoms with Gasteiger partial charge in [0.05, 0.1) is 6.61 Å². The molecule has 0 bridgehead atoms. The number of amides is 2. The van der Waals surface area contributed by atoms with Crippen LogP contribution in [0.25, 0.3) is 0 Å². The minimum atomic E-state index is -0.601. The zero-order valence-corrected chi connectivity index (χ0v) is 22.5. The second kappa shape index (κ2) is 15.1. The van der Waals surface area contributed by atoms with Gasteiger partial charge in [-0.2, -0.15) is 0 Å². The molecule has 0 aromatic heterocycles. The van der Waals surface area contributed by atoms with Crippen LogP contribution >= 0.6 is 15.9 Å². The summed E-state index contributed by atoms with van der Waals surface area (Å²) in [5.74, 6) is 0.619. The van der Waals surface area contributed by atoms with E-state index in [0.717, 1.165) is 34.2 Å². The quantitative estimate of drug-likeness (QED) is 0.244.